The van der Waals surface area contributed by atoms with Crippen LogP contribution in [0.1, 0.15) is 25.3 Å². The monoisotopic (exact) mass is 444 g/mol. The van der Waals surface area contributed by atoms with Crippen molar-refractivity contribution in [3.8, 4) is 0 Å². The molecule has 4 aromatic rings. The Labute approximate surface area is 193 Å². The second kappa shape index (κ2) is 13.2. The topological polar surface area (TPSA) is 66.9 Å². The summed E-state index contributed by atoms with van der Waals surface area (Å²) in [6.07, 6.45) is 10.8. The number of nitrogens with one attached hydrogen (secondary N) is 2. The molecule has 164 valence electrons. The van der Waals surface area contributed by atoms with Crippen molar-refractivity contribution in [1.29, 1.82) is 0 Å². The molecule has 0 spiro atoms. The Morgan fingerprint density at radius 3 is 2.41 bits per heavy atom. The van der Waals surface area contributed by atoms with E-state index in [1.165, 1.54) is 23.3 Å². The molecule has 32 heavy (non-hydrogen) atoms. The standard InChI is InChI=1S/C12H12N2S.C10H8N2O.C4H8/c1-2-6-12(7-3-1)15-14-10-11-5-4-8-13-9-11;13-7-12-10-2-1-9-6-11-4-3-8(9)5-10;1-4-2-3-4/h1-9,14H,10H2;1-7H,(H,12,13);4H,2-3H2,1H3. The minimum Gasteiger partial charge on any atom is -0.329 e. The number of fused-ring (bicyclic) bond motifs is 1. The molecule has 0 unspecified atom stereocenters. The van der Waals surface area contributed by atoms with E-state index in [9.17, 15) is 4.79 Å². The number of anilines is 1. The molecular formula is C26H28N4OS. The van der Waals surface area contributed by atoms with Crippen LogP contribution in [0.3, 0.4) is 0 Å². The predicted molar refractivity (Wildman–Crippen MR) is 133 cm³/mol. The zero-order valence-electron chi connectivity index (χ0n) is 18.1. The van der Waals surface area contributed by atoms with Crippen LogP contribution in [-0.2, 0) is 11.3 Å². The summed E-state index contributed by atoms with van der Waals surface area (Å²) in [6.45, 7) is 3.10. The number of carbonyl (C=O) groups is 1. The van der Waals surface area contributed by atoms with E-state index in [0.717, 1.165) is 28.9 Å². The summed E-state index contributed by atoms with van der Waals surface area (Å²) >= 11 is 1.64. The first-order valence-electron chi connectivity index (χ1n) is 10.6. The van der Waals surface area contributed by atoms with Crippen molar-refractivity contribution < 1.29 is 4.79 Å². The first-order chi connectivity index (χ1) is 15.7. The molecule has 0 radical (unpaired) electrons. The van der Waals surface area contributed by atoms with Gasteiger partial charge in [-0.05, 0) is 65.2 Å². The molecule has 0 aliphatic heterocycles. The van der Waals surface area contributed by atoms with Gasteiger partial charge in [0.25, 0.3) is 0 Å². The number of amides is 1. The zero-order valence-corrected chi connectivity index (χ0v) is 19.0. The maximum Gasteiger partial charge on any atom is 0.211 e. The van der Waals surface area contributed by atoms with E-state index in [-0.39, 0.29) is 0 Å². The van der Waals surface area contributed by atoms with E-state index >= 15 is 0 Å². The fourth-order valence-corrected chi connectivity index (χ4v) is 3.30. The van der Waals surface area contributed by atoms with Crippen molar-refractivity contribution in [1.82, 2.24) is 14.7 Å². The summed E-state index contributed by atoms with van der Waals surface area (Å²) in [4.78, 5) is 19.5. The maximum absolute atomic E-state index is 10.2. The highest BCUT2D eigenvalue weighted by molar-refractivity contribution is 7.97. The van der Waals surface area contributed by atoms with Crippen LogP contribution in [0.15, 0.2) is 96.4 Å². The lowest BCUT2D eigenvalue weighted by molar-refractivity contribution is -0.105. The van der Waals surface area contributed by atoms with Gasteiger partial charge in [0.2, 0.25) is 6.41 Å². The Hall–Kier alpha value is -3.22. The number of benzene rings is 2. The molecule has 1 fully saturated rings. The quantitative estimate of drug-likeness (QED) is 0.278. The van der Waals surface area contributed by atoms with E-state index in [1.807, 2.05) is 54.7 Å². The first kappa shape index (κ1) is 23.4. The highest BCUT2D eigenvalue weighted by Gasteiger charge is 2.12. The Morgan fingerprint density at radius 2 is 1.72 bits per heavy atom. The number of hydrogen-bond acceptors (Lipinski definition) is 5. The van der Waals surface area contributed by atoms with E-state index in [1.54, 1.807) is 30.5 Å². The van der Waals surface area contributed by atoms with Crippen LogP contribution in [0.2, 0.25) is 0 Å². The fraction of sp³-hybridized carbons (Fsp3) is 0.192. The van der Waals surface area contributed by atoms with Crippen molar-refractivity contribution in [2.24, 2.45) is 5.92 Å². The third kappa shape index (κ3) is 8.88. The van der Waals surface area contributed by atoms with Crippen molar-refractivity contribution in [3.05, 3.63) is 97.1 Å². The Balaban J connectivity index is 0.000000155. The van der Waals surface area contributed by atoms with Crippen LogP contribution in [0.5, 0.6) is 0 Å². The largest absolute Gasteiger partial charge is 0.329 e. The molecule has 1 amide bonds. The van der Waals surface area contributed by atoms with Gasteiger partial charge in [0.1, 0.15) is 0 Å². The molecule has 6 heteroatoms. The average molecular weight is 445 g/mol. The molecule has 1 aliphatic rings. The summed E-state index contributed by atoms with van der Waals surface area (Å²) in [6, 6.07) is 21.9. The molecule has 2 N–H and O–H groups in total. The molecule has 0 saturated heterocycles. The lowest BCUT2D eigenvalue weighted by Gasteiger charge is -2.03. The first-order valence-corrected chi connectivity index (χ1v) is 11.4. The van der Waals surface area contributed by atoms with Gasteiger partial charge in [-0.1, -0.05) is 50.1 Å². The number of hydrogen-bond donors (Lipinski definition) is 2. The van der Waals surface area contributed by atoms with Gasteiger partial charge in [-0.3, -0.25) is 19.5 Å². The van der Waals surface area contributed by atoms with Crippen molar-refractivity contribution >= 4 is 34.8 Å². The van der Waals surface area contributed by atoms with E-state index in [0.29, 0.717) is 6.41 Å². The molecule has 0 bridgehead atoms. The Kier molecular flexibility index (Phi) is 9.71. The second-order valence-electron chi connectivity index (χ2n) is 7.48. The van der Waals surface area contributed by atoms with Crippen molar-refractivity contribution in [2.75, 3.05) is 5.32 Å². The molecule has 5 nitrogen and oxygen atoms in total. The summed E-state index contributed by atoms with van der Waals surface area (Å²) in [7, 11) is 0. The van der Waals surface area contributed by atoms with Gasteiger partial charge in [-0.25, -0.2) is 0 Å². The summed E-state index contributed by atoms with van der Waals surface area (Å²) in [5, 5.41) is 4.74. The molecule has 1 saturated carbocycles. The van der Waals surface area contributed by atoms with Crippen LogP contribution >= 0.6 is 11.9 Å². The predicted octanol–water partition coefficient (Wildman–Crippen LogP) is 6.10. The number of rotatable bonds is 6. The van der Waals surface area contributed by atoms with Gasteiger partial charge >= 0.3 is 0 Å². The summed E-state index contributed by atoms with van der Waals surface area (Å²) in [5.74, 6) is 1.08. The molecule has 2 aromatic heterocycles. The number of nitrogens with zero attached hydrogens (tertiary/aromatic N) is 2. The highest BCUT2D eigenvalue weighted by atomic mass is 32.2. The van der Waals surface area contributed by atoms with Crippen molar-refractivity contribution in [2.45, 2.75) is 31.2 Å². The van der Waals surface area contributed by atoms with Gasteiger partial charge in [-0.2, -0.15) is 0 Å². The summed E-state index contributed by atoms with van der Waals surface area (Å²) in [5.41, 5.74) is 2.00. The maximum atomic E-state index is 10.2. The van der Waals surface area contributed by atoms with Gasteiger partial charge in [0.15, 0.2) is 0 Å². The third-order valence-electron chi connectivity index (χ3n) is 4.66. The van der Waals surface area contributed by atoms with Crippen LogP contribution in [0.25, 0.3) is 10.8 Å². The van der Waals surface area contributed by atoms with Crippen LogP contribution in [0, 0.1) is 5.92 Å². The lowest BCUT2D eigenvalue weighted by atomic mass is 10.1. The SMILES string of the molecule is CC1CC1.O=CNc1ccc2cnccc2c1.c1ccc(SNCc2cccnc2)cc1. The molecular weight excluding hydrogens is 416 g/mol. The minimum atomic E-state index is 0.669. The fourth-order valence-electron chi connectivity index (χ4n) is 2.60. The van der Waals surface area contributed by atoms with E-state index in [4.69, 9.17) is 0 Å². The molecule has 1 aliphatic carbocycles. The van der Waals surface area contributed by atoms with Gasteiger partial charge in [0, 0.05) is 47.3 Å². The average Bonchev–Trinajstić information content (AvgIpc) is 3.63. The van der Waals surface area contributed by atoms with E-state index < -0.39 is 0 Å². The van der Waals surface area contributed by atoms with Crippen LogP contribution in [-0.4, -0.2) is 16.4 Å². The highest BCUT2D eigenvalue weighted by Crippen LogP contribution is 2.26. The lowest BCUT2D eigenvalue weighted by Crippen LogP contribution is -2.02. The van der Waals surface area contributed by atoms with Gasteiger partial charge < -0.3 is 5.32 Å². The van der Waals surface area contributed by atoms with E-state index in [2.05, 4.69) is 45.1 Å². The molecule has 2 aromatic carbocycles. The van der Waals surface area contributed by atoms with Crippen LogP contribution in [0.4, 0.5) is 5.69 Å². The Bertz CT molecular complexity index is 1030. The number of pyridine rings is 2. The number of aromatic nitrogens is 2. The van der Waals surface area contributed by atoms with Gasteiger partial charge in [-0.15, -0.1) is 0 Å². The second-order valence-corrected chi connectivity index (χ2v) is 8.44. The minimum absolute atomic E-state index is 0.669. The normalized spacial score (nSPS) is 12.0. The van der Waals surface area contributed by atoms with Crippen molar-refractivity contribution in [3.63, 3.8) is 0 Å². The third-order valence-corrected chi connectivity index (χ3v) is 5.46. The summed E-state index contributed by atoms with van der Waals surface area (Å²) < 4.78 is 3.29. The zero-order chi connectivity index (χ0) is 22.4. The molecule has 0 atom stereocenters. The van der Waals surface area contributed by atoms with Gasteiger partial charge in [0.05, 0.1) is 0 Å². The Morgan fingerprint density at radius 1 is 0.938 bits per heavy atom. The molecule has 5 rings (SSSR count). The molecule has 2 heterocycles. The van der Waals surface area contributed by atoms with Crippen LogP contribution < -0.4 is 10.0 Å². The smallest absolute Gasteiger partial charge is 0.211 e. The number of carbonyl (C=O) groups excluding carboxylic acids is 1.